The maximum atomic E-state index is 12.1. The third-order valence-corrected chi connectivity index (χ3v) is 4.00. The molecule has 7 N–H and O–H groups in total. The molecule has 2 aromatic rings. The first-order chi connectivity index (χ1) is 14.3. The molecule has 2 amide bonds. The molecule has 0 fully saturated rings. The molecule has 4 atom stereocenters. The Morgan fingerprint density at radius 1 is 1.00 bits per heavy atom. The summed E-state index contributed by atoms with van der Waals surface area (Å²) in [5, 5.41) is 52.9. The lowest BCUT2D eigenvalue weighted by Crippen LogP contribution is -2.46. The lowest BCUT2D eigenvalue weighted by molar-refractivity contribution is -0.0999. The average Bonchev–Trinajstić information content (AvgIpc) is 2.78. The fourth-order valence-electron chi connectivity index (χ4n) is 2.27. The minimum Gasteiger partial charge on any atom is -0.394 e. The van der Waals surface area contributed by atoms with E-state index in [4.69, 9.17) is 5.11 Å². The highest BCUT2D eigenvalue weighted by Gasteiger charge is 2.29. The number of benzene rings is 1. The van der Waals surface area contributed by atoms with E-state index in [1.54, 1.807) is 18.3 Å². The van der Waals surface area contributed by atoms with Crippen LogP contribution in [0.15, 0.2) is 53.9 Å². The van der Waals surface area contributed by atoms with Crippen LogP contribution >= 0.6 is 0 Å². The van der Waals surface area contributed by atoms with Crippen LogP contribution in [-0.2, 0) is 0 Å². The van der Waals surface area contributed by atoms with Crippen molar-refractivity contribution in [2.45, 2.75) is 24.4 Å². The Labute approximate surface area is 171 Å². The predicted octanol–water partition coefficient (Wildman–Crippen LogP) is -1.51. The second-order valence-electron chi connectivity index (χ2n) is 6.21. The summed E-state index contributed by atoms with van der Waals surface area (Å²) in [5.74, 6) is -0.986. The average molecular weight is 418 g/mol. The molecule has 0 spiro atoms. The lowest BCUT2D eigenvalue weighted by atomic mass is 10.0. The van der Waals surface area contributed by atoms with E-state index in [0.717, 1.165) is 6.21 Å². The minimum absolute atomic E-state index is 0.206. The van der Waals surface area contributed by atoms with Crippen LogP contribution in [0, 0.1) is 0 Å². The summed E-state index contributed by atoms with van der Waals surface area (Å²) >= 11 is 0. The zero-order valence-corrected chi connectivity index (χ0v) is 15.7. The number of hydrogen-bond acceptors (Lipinski definition) is 9. The van der Waals surface area contributed by atoms with E-state index in [1.807, 2.05) is 0 Å². The van der Waals surface area contributed by atoms with Crippen molar-refractivity contribution < 1.29 is 35.1 Å². The summed E-state index contributed by atoms with van der Waals surface area (Å²) in [7, 11) is 0. The molecule has 30 heavy (non-hydrogen) atoms. The molecule has 1 heterocycles. The number of carbonyl (C=O) groups is 2. The van der Waals surface area contributed by atoms with Crippen molar-refractivity contribution in [1.82, 2.24) is 10.4 Å². The van der Waals surface area contributed by atoms with Gasteiger partial charge in [-0.3, -0.25) is 14.6 Å². The second-order valence-corrected chi connectivity index (χ2v) is 6.21. The minimum atomic E-state index is -1.82. The first-order valence-electron chi connectivity index (χ1n) is 8.81. The first-order valence-corrected chi connectivity index (χ1v) is 8.81. The molecule has 0 saturated carbocycles. The van der Waals surface area contributed by atoms with Crippen LogP contribution in [0.25, 0.3) is 0 Å². The molecule has 2 rings (SSSR count). The van der Waals surface area contributed by atoms with Gasteiger partial charge in [0.15, 0.2) is 0 Å². The highest BCUT2D eigenvalue weighted by atomic mass is 16.4. The topological polar surface area (TPSA) is 185 Å². The summed E-state index contributed by atoms with van der Waals surface area (Å²) in [6.45, 7) is -0.808. The van der Waals surface area contributed by atoms with Crippen LogP contribution in [0.4, 0.5) is 5.69 Å². The van der Waals surface area contributed by atoms with E-state index in [-0.39, 0.29) is 11.5 Å². The maximum Gasteiger partial charge on any atom is 0.271 e. The van der Waals surface area contributed by atoms with Gasteiger partial charge in [0.1, 0.15) is 24.4 Å². The smallest absolute Gasteiger partial charge is 0.271 e. The Hall–Kier alpha value is -3.22. The Kier molecular flexibility index (Phi) is 8.53. The number of nitrogens with one attached hydrogen (secondary N) is 2. The van der Waals surface area contributed by atoms with Crippen LogP contribution in [0.5, 0.6) is 0 Å². The quantitative estimate of drug-likeness (QED) is 0.189. The third-order valence-electron chi connectivity index (χ3n) is 4.00. The summed E-state index contributed by atoms with van der Waals surface area (Å²) in [6.07, 6.45) is -3.24. The zero-order valence-electron chi connectivity index (χ0n) is 15.7. The maximum absolute atomic E-state index is 12.1. The van der Waals surface area contributed by atoms with Crippen LogP contribution < -0.4 is 10.7 Å². The summed E-state index contributed by atoms with van der Waals surface area (Å²) in [6, 6.07) is 9.15. The van der Waals surface area contributed by atoms with Gasteiger partial charge in [0, 0.05) is 23.6 Å². The summed E-state index contributed by atoms with van der Waals surface area (Å²) in [5.41, 5.74) is 3.17. The Morgan fingerprint density at radius 3 is 2.30 bits per heavy atom. The van der Waals surface area contributed by atoms with Gasteiger partial charge in [0.2, 0.25) is 0 Å². The number of nitrogens with zero attached hydrogens (tertiary/aromatic N) is 2. The van der Waals surface area contributed by atoms with Gasteiger partial charge in [-0.25, -0.2) is 5.43 Å². The number of aliphatic hydroxyl groups excluding tert-OH is 5. The Morgan fingerprint density at radius 2 is 1.70 bits per heavy atom. The van der Waals surface area contributed by atoms with Gasteiger partial charge in [-0.1, -0.05) is 0 Å². The van der Waals surface area contributed by atoms with Crippen LogP contribution in [0.3, 0.4) is 0 Å². The number of carbonyl (C=O) groups excluding carboxylic acids is 2. The molecule has 0 saturated heterocycles. The van der Waals surface area contributed by atoms with Crippen molar-refractivity contribution in [3.8, 4) is 0 Å². The highest BCUT2D eigenvalue weighted by Crippen LogP contribution is 2.11. The molecule has 0 radical (unpaired) electrons. The number of rotatable bonds is 9. The first kappa shape index (κ1) is 23.1. The van der Waals surface area contributed by atoms with Crippen molar-refractivity contribution >= 4 is 23.7 Å². The van der Waals surface area contributed by atoms with E-state index in [2.05, 4.69) is 20.8 Å². The number of anilines is 1. The predicted molar refractivity (Wildman–Crippen MR) is 106 cm³/mol. The van der Waals surface area contributed by atoms with Gasteiger partial charge >= 0.3 is 0 Å². The monoisotopic (exact) mass is 418 g/mol. The zero-order chi connectivity index (χ0) is 22.1. The van der Waals surface area contributed by atoms with Gasteiger partial charge < -0.3 is 30.8 Å². The highest BCUT2D eigenvalue weighted by molar-refractivity contribution is 6.04. The van der Waals surface area contributed by atoms with Crippen LogP contribution in [-0.4, -0.2) is 79.6 Å². The van der Waals surface area contributed by atoms with Crippen molar-refractivity contribution in [3.05, 3.63) is 59.9 Å². The lowest BCUT2D eigenvalue weighted by Gasteiger charge is -2.23. The van der Waals surface area contributed by atoms with E-state index in [1.165, 1.54) is 30.5 Å². The number of aromatic nitrogens is 1. The number of amides is 2. The normalized spacial score (nSPS) is 15.2. The van der Waals surface area contributed by atoms with Gasteiger partial charge in [-0.05, 0) is 36.4 Å². The molecular weight excluding hydrogens is 396 g/mol. The van der Waals surface area contributed by atoms with Crippen molar-refractivity contribution in [3.63, 3.8) is 0 Å². The van der Waals surface area contributed by atoms with E-state index in [0.29, 0.717) is 11.3 Å². The molecule has 1 aromatic heterocycles. The molecule has 1 aromatic carbocycles. The van der Waals surface area contributed by atoms with Gasteiger partial charge in [-0.15, -0.1) is 0 Å². The Bertz CT molecular complexity index is 861. The standard InChI is InChI=1S/C19H22N4O7/c24-10-15(26)17(28)16(27)14(25)9-21-23-19(30)11-3-5-13(6-4-11)22-18(29)12-2-1-7-20-8-12/h1-9,14-17,24-28H,10H2,(H,22,29)(H,23,30)/b21-9+/t14-,15-,16-,17-/m1/s1. The van der Waals surface area contributed by atoms with Gasteiger partial charge in [-0.2, -0.15) is 5.10 Å². The van der Waals surface area contributed by atoms with Crippen molar-refractivity contribution in [1.29, 1.82) is 0 Å². The third kappa shape index (κ3) is 6.40. The molecule has 11 heteroatoms. The molecule has 0 aliphatic carbocycles. The molecule has 160 valence electrons. The van der Waals surface area contributed by atoms with E-state index >= 15 is 0 Å². The van der Waals surface area contributed by atoms with Crippen LogP contribution in [0.2, 0.25) is 0 Å². The second kappa shape index (κ2) is 11.1. The number of hydrogen-bond donors (Lipinski definition) is 7. The molecule has 0 bridgehead atoms. The fraction of sp³-hybridized carbons (Fsp3) is 0.263. The Balaban J connectivity index is 1.88. The number of aliphatic hydroxyl groups is 5. The van der Waals surface area contributed by atoms with E-state index < -0.39 is 36.9 Å². The largest absolute Gasteiger partial charge is 0.394 e. The van der Waals surface area contributed by atoms with Crippen molar-refractivity contribution in [2.75, 3.05) is 11.9 Å². The molecule has 0 aliphatic heterocycles. The van der Waals surface area contributed by atoms with Crippen molar-refractivity contribution in [2.24, 2.45) is 5.10 Å². The molecule has 11 nitrogen and oxygen atoms in total. The fourth-order valence-corrected chi connectivity index (χ4v) is 2.27. The summed E-state index contributed by atoms with van der Waals surface area (Å²) in [4.78, 5) is 28.0. The van der Waals surface area contributed by atoms with Crippen LogP contribution in [0.1, 0.15) is 20.7 Å². The van der Waals surface area contributed by atoms with Gasteiger partial charge in [0.25, 0.3) is 11.8 Å². The molecule has 0 unspecified atom stereocenters. The SMILES string of the molecule is O=C(N/N=C/[C@@H](O)[C@@H](O)[C@H](O)[C@H](O)CO)c1ccc(NC(=O)c2cccnc2)cc1. The molecule has 0 aliphatic rings. The molecular formula is C19H22N4O7. The number of pyridine rings is 1. The van der Waals surface area contributed by atoms with Gasteiger partial charge in [0.05, 0.1) is 18.4 Å². The number of hydrazone groups is 1. The summed E-state index contributed by atoms with van der Waals surface area (Å²) < 4.78 is 0. The van der Waals surface area contributed by atoms with E-state index in [9.17, 15) is 30.0 Å².